The minimum Gasteiger partial charge on any atom is -0.438 e. The molecule has 0 aliphatic heterocycles. The van der Waals surface area contributed by atoms with E-state index in [-0.39, 0.29) is 23.1 Å². The highest BCUT2D eigenvalue weighted by Gasteiger charge is 2.18. The van der Waals surface area contributed by atoms with Crippen LogP contribution >= 0.6 is 15.9 Å². The van der Waals surface area contributed by atoms with Crippen molar-refractivity contribution in [3.63, 3.8) is 0 Å². The van der Waals surface area contributed by atoms with E-state index >= 15 is 0 Å². The van der Waals surface area contributed by atoms with Crippen molar-refractivity contribution in [1.29, 1.82) is 5.26 Å². The summed E-state index contributed by atoms with van der Waals surface area (Å²) < 4.78 is 13.6. The molecule has 0 spiro atoms. The average molecular weight is 525 g/mol. The number of benzene rings is 1. The smallest absolute Gasteiger partial charge is 0.269 e. The van der Waals surface area contributed by atoms with Crippen LogP contribution in [0.15, 0.2) is 57.4 Å². The van der Waals surface area contributed by atoms with Crippen LogP contribution in [0.4, 0.5) is 0 Å². The minimum atomic E-state index is -0.588. The molecule has 0 bridgehead atoms. The number of halogens is 1. The van der Waals surface area contributed by atoms with Gasteiger partial charge in [0.15, 0.2) is 0 Å². The van der Waals surface area contributed by atoms with Crippen LogP contribution in [0, 0.1) is 18.3 Å². The Balaban J connectivity index is 1.98. The predicted octanol–water partition coefficient (Wildman–Crippen LogP) is 4.40. The highest BCUT2D eigenvalue weighted by atomic mass is 79.9. The number of carbonyl (C=O) groups excluding carboxylic acids is 1. The van der Waals surface area contributed by atoms with Gasteiger partial charge in [0.1, 0.15) is 28.6 Å². The highest BCUT2D eigenvalue weighted by molar-refractivity contribution is 9.10. The Morgan fingerprint density at radius 1 is 1.29 bits per heavy atom. The number of aromatic nitrogens is 2. The summed E-state index contributed by atoms with van der Waals surface area (Å²) in [5, 5.41) is 12.3. The Labute approximate surface area is 206 Å². The van der Waals surface area contributed by atoms with Gasteiger partial charge in [-0.3, -0.25) is 14.0 Å². The fraction of sp³-hybridized carbons (Fsp3) is 0.280. The lowest BCUT2D eigenvalue weighted by Crippen LogP contribution is -2.27. The molecule has 8 nitrogen and oxygen atoms in total. The molecular weight excluding hydrogens is 500 g/mol. The fourth-order valence-electron chi connectivity index (χ4n) is 3.09. The van der Waals surface area contributed by atoms with Crippen molar-refractivity contribution in [2.24, 2.45) is 0 Å². The van der Waals surface area contributed by atoms with Crippen molar-refractivity contribution in [3.8, 4) is 17.7 Å². The zero-order chi connectivity index (χ0) is 24.7. The van der Waals surface area contributed by atoms with Crippen LogP contribution in [-0.2, 0) is 9.53 Å². The van der Waals surface area contributed by atoms with E-state index in [0.29, 0.717) is 31.0 Å². The third-order valence-corrected chi connectivity index (χ3v) is 5.32. The lowest BCUT2D eigenvalue weighted by Gasteiger charge is -2.12. The van der Waals surface area contributed by atoms with Crippen LogP contribution < -0.4 is 15.6 Å². The lowest BCUT2D eigenvalue weighted by molar-refractivity contribution is -0.117. The van der Waals surface area contributed by atoms with Gasteiger partial charge in [-0.05, 0) is 69.2 Å². The molecule has 0 saturated carbocycles. The molecule has 0 atom stereocenters. The summed E-state index contributed by atoms with van der Waals surface area (Å²) in [7, 11) is 0. The second-order valence-corrected chi connectivity index (χ2v) is 8.69. The number of nitrogens with one attached hydrogen (secondary N) is 1. The average Bonchev–Trinajstić information content (AvgIpc) is 2.80. The molecule has 2 aromatic heterocycles. The number of fused-ring (bicyclic) bond motifs is 1. The molecule has 3 aromatic rings. The summed E-state index contributed by atoms with van der Waals surface area (Å²) in [5.74, 6) is -0.126. The fourth-order valence-corrected chi connectivity index (χ4v) is 3.35. The molecule has 1 N–H and O–H groups in total. The number of carbonyl (C=O) groups is 1. The topological polar surface area (TPSA) is 106 Å². The van der Waals surface area contributed by atoms with E-state index in [9.17, 15) is 14.9 Å². The summed E-state index contributed by atoms with van der Waals surface area (Å²) in [5.41, 5.74) is 0.520. The Kier molecular flexibility index (Phi) is 8.57. The van der Waals surface area contributed by atoms with Crippen molar-refractivity contribution >= 4 is 33.6 Å². The first-order valence-corrected chi connectivity index (χ1v) is 11.6. The van der Waals surface area contributed by atoms with Gasteiger partial charge < -0.3 is 14.8 Å². The summed E-state index contributed by atoms with van der Waals surface area (Å²) in [6, 6.07) is 12.5. The monoisotopic (exact) mass is 524 g/mol. The molecule has 1 amide bonds. The van der Waals surface area contributed by atoms with E-state index in [2.05, 4.69) is 26.2 Å². The standard InChI is InChI=1S/C25H25BrN4O4/c1-16(2)33-13-5-11-28-23(31)18(15-27)14-21-24(34-20-9-7-19(26)8-10-20)29-22-17(3)6-4-12-30(22)25(21)32/h4,6-10,12,14,16H,5,11,13H2,1-3H3,(H,28,31). The van der Waals surface area contributed by atoms with Gasteiger partial charge in [0.05, 0.1) is 6.10 Å². The molecule has 0 fully saturated rings. The van der Waals surface area contributed by atoms with Gasteiger partial charge in [0.2, 0.25) is 5.88 Å². The zero-order valence-electron chi connectivity index (χ0n) is 19.2. The molecule has 0 aliphatic carbocycles. The third-order valence-electron chi connectivity index (χ3n) is 4.79. The van der Waals surface area contributed by atoms with Crippen molar-refractivity contribution in [2.45, 2.75) is 33.3 Å². The highest BCUT2D eigenvalue weighted by Crippen LogP contribution is 2.26. The molecule has 1 aromatic carbocycles. The summed E-state index contributed by atoms with van der Waals surface area (Å²) >= 11 is 3.37. The van der Waals surface area contributed by atoms with Crippen LogP contribution in [0.2, 0.25) is 0 Å². The predicted molar refractivity (Wildman–Crippen MR) is 133 cm³/mol. The molecule has 2 heterocycles. The van der Waals surface area contributed by atoms with Gasteiger partial charge in [-0.1, -0.05) is 22.0 Å². The number of hydrogen-bond acceptors (Lipinski definition) is 6. The Morgan fingerprint density at radius 3 is 2.71 bits per heavy atom. The van der Waals surface area contributed by atoms with Gasteiger partial charge in [0, 0.05) is 23.8 Å². The van der Waals surface area contributed by atoms with Gasteiger partial charge in [0.25, 0.3) is 11.5 Å². The van der Waals surface area contributed by atoms with Gasteiger partial charge in [-0.15, -0.1) is 0 Å². The van der Waals surface area contributed by atoms with Crippen LogP contribution in [-0.4, -0.2) is 34.5 Å². The second-order valence-electron chi connectivity index (χ2n) is 7.78. The maximum Gasteiger partial charge on any atom is 0.269 e. The number of hydrogen-bond donors (Lipinski definition) is 1. The molecule has 176 valence electrons. The number of nitriles is 1. The molecule has 34 heavy (non-hydrogen) atoms. The maximum atomic E-state index is 13.3. The van der Waals surface area contributed by atoms with E-state index < -0.39 is 11.5 Å². The number of aryl methyl sites for hydroxylation is 1. The SMILES string of the molecule is Cc1cccn2c(=O)c(C=C(C#N)C(=O)NCCCOC(C)C)c(Oc3ccc(Br)cc3)nc12. The molecule has 0 radical (unpaired) electrons. The third kappa shape index (κ3) is 6.31. The maximum absolute atomic E-state index is 13.3. The Morgan fingerprint density at radius 2 is 2.03 bits per heavy atom. The molecular formula is C25H25BrN4O4. The number of rotatable bonds is 9. The lowest BCUT2D eigenvalue weighted by atomic mass is 10.1. The largest absolute Gasteiger partial charge is 0.438 e. The van der Waals surface area contributed by atoms with Crippen molar-refractivity contribution < 1.29 is 14.3 Å². The molecule has 3 rings (SSSR count). The normalized spacial score (nSPS) is 11.5. The molecule has 0 saturated heterocycles. The van der Waals surface area contributed by atoms with E-state index in [1.807, 2.05) is 32.9 Å². The first-order chi connectivity index (χ1) is 16.3. The van der Waals surface area contributed by atoms with Gasteiger partial charge in [-0.25, -0.2) is 0 Å². The number of nitrogens with zero attached hydrogens (tertiary/aromatic N) is 3. The van der Waals surface area contributed by atoms with Crippen LogP contribution in [0.3, 0.4) is 0 Å². The second kappa shape index (κ2) is 11.6. The zero-order valence-corrected chi connectivity index (χ0v) is 20.8. The van der Waals surface area contributed by atoms with Crippen molar-refractivity contribution in [2.75, 3.05) is 13.2 Å². The molecule has 0 aliphatic rings. The van der Waals surface area contributed by atoms with Crippen molar-refractivity contribution in [3.05, 3.63) is 74.1 Å². The summed E-state index contributed by atoms with van der Waals surface area (Å²) in [6.07, 6.45) is 3.50. The first-order valence-electron chi connectivity index (χ1n) is 10.8. The number of pyridine rings is 1. The molecule has 0 unspecified atom stereocenters. The summed E-state index contributed by atoms with van der Waals surface area (Å²) in [6.45, 7) is 6.52. The van der Waals surface area contributed by atoms with Crippen molar-refractivity contribution in [1.82, 2.24) is 14.7 Å². The number of ether oxygens (including phenoxy) is 2. The van der Waals surface area contributed by atoms with Crippen LogP contribution in [0.5, 0.6) is 11.6 Å². The van der Waals surface area contributed by atoms with Gasteiger partial charge >= 0.3 is 0 Å². The number of amides is 1. The van der Waals surface area contributed by atoms with E-state index in [4.69, 9.17) is 9.47 Å². The van der Waals surface area contributed by atoms with Crippen LogP contribution in [0.25, 0.3) is 11.7 Å². The minimum absolute atomic E-state index is 0.000796. The first kappa shape index (κ1) is 25.1. The Hall–Kier alpha value is -3.48. The van der Waals surface area contributed by atoms with E-state index in [1.54, 1.807) is 36.5 Å². The van der Waals surface area contributed by atoms with E-state index in [0.717, 1.165) is 10.0 Å². The summed E-state index contributed by atoms with van der Waals surface area (Å²) in [4.78, 5) is 30.4. The van der Waals surface area contributed by atoms with E-state index in [1.165, 1.54) is 10.5 Å². The van der Waals surface area contributed by atoms with Crippen LogP contribution in [0.1, 0.15) is 31.4 Å². The Bertz CT molecular complexity index is 1310. The quantitative estimate of drug-likeness (QED) is 0.252. The molecule has 9 heteroatoms. The van der Waals surface area contributed by atoms with Gasteiger partial charge in [-0.2, -0.15) is 10.2 Å².